The molecule has 1 unspecified atom stereocenters. The molecule has 2 amide bonds. The third-order valence-corrected chi connectivity index (χ3v) is 4.90. The van der Waals surface area contributed by atoms with Crippen molar-refractivity contribution in [2.24, 2.45) is 5.92 Å². The minimum Gasteiger partial charge on any atom is -0.326 e. The van der Waals surface area contributed by atoms with Gasteiger partial charge in [0.25, 0.3) is 0 Å². The Bertz CT molecular complexity index is 836. The Kier molecular flexibility index (Phi) is 4.86. The van der Waals surface area contributed by atoms with E-state index in [0.29, 0.717) is 6.54 Å². The summed E-state index contributed by atoms with van der Waals surface area (Å²) in [6.45, 7) is 8.77. The molecule has 26 heavy (non-hydrogen) atoms. The molecule has 3 rings (SSSR count). The molecule has 0 bridgehead atoms. The number of carbonyl (C=O) groups is 2. The first-order chi connectivity index (χ1) is 12.3. The van der Waals surface area contributed by atoms with Crippen molar-refractivity contribution in [3.63, 3.8) is 0 Å². The van der Waals surface area contributed by atoms with Crippen LogP contribution in [0.4, 0.5) is 11.4 Å². The third-order valence-electron chi connectivity index (χ3n) is 4.90. The van der Waals surface area contributed by atoms with E-state index in [-0.39, 0.29) is 29.6 Å². The first-order valence-corrected chi connectivity index (χ1v) is 9.04. The van der Waals surface area contributed by atoms with Crippen LogP contribution in [0.2, 0.25) is 0 Å². The summed E-state index contributed by atoms with van der Waals surface area (Å²) in [4.78, 5) is 27.0. The molecular formula is C22H26N2O2. The molecule has 0 aliphatic carbocycles. The van der Waals surface area contributed by atoms with Crippen LogP contribution in [-0.4, -0.2) is 18.4 Å². The van der Waals surface area contributed by atoms with Crippen LogP contribution in [0.3, 0.4) is 0 Å². The van der Waals surface area contributed by atoms with Gasteiger partial charge >= 0.3 is 0 Å². The summed E-state index contributed by atoms with van der Waals surface area (Å²) < 4.78 is 0. The van der Waals surface area contributed by atoms with Gasteiger partial charge in [-0.3, -0.25) is 9.59 Å². The lowest BCUT2D eigenvalue weighted by Gasteiger charge is -2.24. The lowest BCUT2D eigenvalue weighted by Crippen LogP contribution is -2.29. The van der Waals surface area contributed by atoms with Gasteiger partial charge in [-0.15, -0.1) is 0 Å². The fourth-order valence-corrected chi connectivity index (χ4v) is 3.46. The molecule has 0 spiro atoms. The van der Waals surface area contributed by atoms with E-state index in [1.165, 1.54) is 0 Å². The number of carbonyl (C=O) groups excluding carboxylic acids is 2. The Labute approximate surface area is 155 Å². The van der Waals surface area contributed by atoms with Gasteiger partial charge in [0.05, 0.1) is 5.92 Å². The van der Waals surface area contributed by atoms with Gasteiger partial charge in [-0.25, -0.2) is 0 Å². The zero-order valence-electron chi connectivity index (χ0n) is 15.9. The van der Waals surface area contributed by atoms with Crippen LogP contribution in [0.25, 0.3) is 0 Å². The first-order valence-electron chi connectivity index (χ1n) is 9.04. The van der Waals surface area contributed by atoms with Crippen LogP contribution in [0, 0.1) is 12.8 Å². The second-order valence-corrected chi connectivity index (χ2v) is 7.98. The molecule has 1 fully saturated rings. The maximum Gasteiger partial charge on any atom is 0.229 e. The highest BCUT2D eigenvalue weighted by molar-refractivity contribution is 6.04. The largest absolute Gasteiger partial charge is 0.326 e. The number of anilines is 2. The zero-order chi connectivity index (χ0) is 18.9. The topological polar surface area (TPSA) is 49.4 Å². The van der Waals surface area contributed by atoms with Crippen molar-refractivity contribution in [3.05, 3.63) is 59.7 Å². The van der Waals surface area contributed by atoms with Gasteiger partial charge in [0.2, 0.25) is 11.8 Å². The highest BCUT2D eigenvalue weighted by atomic mass is 16.2. The van der Waals surface area contributed by atoms with Gasteiger partial charge in [0, 0.05) is 24.3 Å². The second-order valence-electron chi connectivity index (χ2n) is 7.98. The minimum absolute atomic E-state index is 0.00329. The SMILES string of the molecule is Cc1ccccc1N1CC(C(=O)Nc2ccccc2C(C)(C)C)CC1=O. The molecule has 2 aromatic rings. The van der Waals surface area contributed by atoms with E-state index in [1.807, 2.05) is 55.5 Å². The normalized spacial score (nSPS) is 17.5. The number of rotatable bonds is 3. The monoisotopic (exact) mass is 350 g/mol. The summed E-state index contributed by atoms with van der Waals surface area (Å²) in [6, 6.07) is 15.6. The van der Waals surface area contributed by atoms with Crippen LogP contribution in [0.5, 0.6) is 0 Å². The van der Waals surface area contributed by atoms with Crippen molar-refractivity contribution >= 4 is 23.2 Å². The summed E-state index contributed by atoms with van der Waals surface area (Å²) in [7, 11) is 0. The number of aryl methyl sites for hydroxylation is 1. The number of benzene rings is 2. The molecular weight excluding hydrogens is 324 g/mol. The minimum atomic E-state index is -0.338. The third kappa shape index (κ3) is 3.64. The van der Waals surface area contributed by atoms with E-state index < -0.39 is 0 Å². The Morgan fingerprint density at radius 3 is 2.42 bits per heavy atom. The van der Waals surface area contributed by atoms with Crippen LogP contribution in [0.1, 0.15) is 38.3 Å². The molecule has 4 nitrogen and oxygen atoms in total. The molecule has 1 saturated heterocycles. The van der Waals surface area contributed by atoms with Crippen molar-refractivity contribution in [2.45, 2.75) is 39.5 Å². The lowest BCUT2D eigenvalue weighted by molar-refractivity contribution is -0.122. The number of para-hydroxylation sites is 2. The molecule has 0 aromatic heterocycles. The summed E-state index contributed by atoms with van der Waals surface area (Å²) in [5.74, 6) is -0.426. The molecule has 1 aliphatic heterocycles. The average Bonchev–Trinajstić information content (AvgIpc) is 2.97. The van der Waals surface area contributed by atoms with Crippen LogP contribution in [0.15, 0.2) is 48.5 Å². The van der Waals surface area contributed by atoms with Crippen LogP contribution >= 0.6 is 0 Å². The summed E-state index contributed by atoms with van der Waals surface area (Å²) in [5.41, 5.74) is 3.78. The second kappa shape index (κ2) is 6.94. The fourth-order valence-electron chi connectivity index (χ4n) is 3.46. The van der Waals surface area contributed by atoms with Gasteiger partial charge in [0.15, 0.2) is 0 Å². The number of amides is 2. The van der Waals surface area contributed by atoms with Gasteiger partial charge in [0.1, 0.15) is 0 Å². The van der Waals surface area contributed by atoms with E-state index in [2.05, 4.69) is 26.1 Å². The predicted octanol–water partition coefficient (Wildman–Crippen LogP) is 4.28. The van der Waals surface area contributed by atoms with Gasteiger partial charge in [-0.1, -0.05) is 57.2 Å². The molecule has 0 radical (unpaired) electrons. The van der Waals surface area contributed by atoms with E-state index in [1.54, 1.807) is 4.90 Å². The Morgan fingerprint density at radius 1 is 1.08 bits per heavy atom. The fraction of sp³-hybridized carbons (Fsp3) is 0.364. The number of nitrogens with one attached hydrogen (secondary N) is 1. The van der Waals surface area contributed by atoms with Crippen molar-refractivity contribution in [1.82, 2.24) is 0 Å². The van der Waals surface area contributed by atoms with Gasteiger partial charge < -0.3 is 10.2 Å². The van der Waals surface area contributed by atoms with Crippen molar-refractivity contribution in [2.75, 3.05) is 16.8 Å². The molecule has 2 aromatic carbocycles. The lowest BCUT2D eigenvalue weighted by atomic mass is 9.85. The number of hydrogen-bond acceptors (Lipinski definition) is 2. The predicted molar refractivity (Wildman–Crippen MR) is 105 cm³/mol. The molecule has 1 atom stereocenters. The van der Waals surface area contributed by atoms with Crippen molar-refractivity contribution in [3.8, 4) is 0 Å². The summed E-state index contributed by atoms with van der Waals surface area (Å²) >= 11 is 0. The van der Waals surface area contributed by atoms with E-state index in [9.17, 15) is 9.59 Å². The maximum absolute atomic E-state index is 12.8. The molecule has 4 heteroatoms. The van der Waals surface area contributed by atoms with Crippen molar-refractivity contribution < 1.29 is 9.59 Å². The quantitative estimate of drug-likeness (QED) is 0.898. The number of hydrogen-bond donors (Lipinski definition) is 1. The summed E-state index contributed by atoms with van der Waals surface area (Å²) in [5, 5.41) is 3.05. The maximum atomic E-state index is 12.8. The molecule has 1 N–H and O–H groups in total. The standard InChI is InChI=1S/C22H26N2O2/c1-15-9-5-8-12-19(15)24-14-16(13-20(24)25)21(26)23-18-11-7-6-10-17(18)22(2,3)4/h5-12,16H,13-14H2,1-4H3,(H,23,26). The van der Waals surface area contributed by atoms with Gasteiger partial charge in [-0.2, -0.15) is 0 Å². The van der Waals surface area contributed by atoms with E-state index in [0.717, 1.165) is 22.5 Å². The van der Waals surface area contributed by atoms with Crippen molar-refractivity contribution in [1.29, 1.82) is 0 Å². The van der Waals surface area contributed by atoms with Gasteiger partial charge in [-0.05, 0) is 35.6 Å². The highest BCUT2D eigenvalue weighted by Crippen LogP contribution is 2.31. The van der Waals surface area contributed by atoms with E-state index >= 15 is 0 Å². The molecule has 1 heterocycles. The Balaban J connectivity index is 1.77. The van der Waals surface area contributed by atoms with E-state index in [4.69, 9.17) is 0 Å². The first kappa shape index (κ1) is 18.2. The molecule has 136 valence electrons. The smallest absolute Gasteiger partial charge is 0.229 e. The number of nitrogens with zero attached hydrogens (tertiary/aromatic N) is 1. The average molecular weight is 350 g/mol. The molecule has 0 saturated carbocycles. The molecule has 1 aliphatic rings. The Morgan fingerprint density at radius 2 is 1.73 bits per heavy atom. The summed E-state index contributed by atoms with van der Waals surface area (Å²) in [6.07, 6.45) is 0.248. The highest BCUT2D eigenvalue weighted by Gasteiger charge is 2.36. The zero-order valence-corrected chi connectivity index (χ0v) is 15.9. The van der Waals surface area contributed by atoms with Crippen LogP contribution in [-0.2, 0) is 15.0 Å². The Hall–Kier alpha value is -2.62. The van der Waals surface area contributed by atoms with Crippen LogP contribution < -0.4 is 10.2 Å².